The van der Waals surface area contributed by atoms with E-state index in [1.54, 1.807) is 4.90 Å². The number of para-hydroxylation sites is 2. The number of amides is 5. The molecule has 3 heterocycles. The summed E-state index contributed by atoms with van der Waals surface area (Å²) in [5.74, 6) is -3.71. The lowest BCUT2D eigenvalue weighted by Crippen LogP contribution is -2.57. The Morgan fingerprint density at radius 1 is 0.964 bits per heavy atom. The second-order valence-corrected chi connectivity index (χ2v) is 18.6. The molecule has 3 N–H and O–H groups in total. The second-order valence-electron chi connectivity index (χ2n) is 16.7. The van der Waals surface area contributed by atoms with E-state index < -0.39 is 73.8 Å². The van der Waals surface area contributed by atoms with Crippen LogP contribution >= 0.6 is 0 Å². The number of nitrogens with one attached hydrogen (secondary N) is 3. The van der Waals surface area contributed by atoms with Crippen LogP contribution in [0.2, 0.25) is 0 Å². The minimum Gasteiger partial charge on any atom is -0.347 e. The van der Waals surface area contributed by atoms with Gasteiger partial charge in [-0.15, -0.1) is 6.58 Å². The molecule has 3 aromatic rings. The van der Waals surface area contributed by atoms with Crippen molar-refractivity contribution in [1.29, 1.82) is 0 Å². The van der Waals surface area contributed by atoms with Gasteiger partial charge in [0.15, 0.2) is 0 Å². The summed E-state index contributed by atoms with van der Waals surface area (Å²) in [6.45, 7) is 10.7. The van der Waals surface area contributed by atoms with Crippen LogP contribution in [0.25, 0.3) is 21.8 Å². The van der Waals surface area contributed by atoms with Crippen molar-refractivity contribution in [3.05, 3.63) is 66.7 Å². The van der Waals surface area contributed by atoms with E-state index >= 15 is 0 Å². The van der Waals surface area contributed by atoms with Gasteiger partial charge in [-0.25, -0.2) is 13.4 Å². The number of fused-ring (bicyclic) bond motifs is 2. The Morgan fingerprint density at radius 3 is 2.15 bits per heavy atom. The van der Waals surface area contributed by atoms with Gasteiger partial charge in [0.25, 0.3) is 11.8 Å². The summed E-state index contributed by atoms with van der Waals surface area (Å²) in [5.41, 5.74) is -0.508. The number of hydrogen-bond donors (Lipinski definition) is 3. The molecule has 4 aliphatic rings. The molecule has 13 nitrogen and oxygen atoms in total. The van der Waals surface area contributed by atoms with Crippen LogP contribution in [-0.2, 0) is 29.2 Å². The van der Waals surface area contributed by atoms with Crippen molar-refractivity contribution in [1.82, 2.24) is 30.1 Å². The molecule has 0 radical (unpaired) electrons. The Hall–Kier alpha value is -4.85. The highest BCUT2D eigenvalue weighted by Crippen LogP contribution is 2.46. The minimum atomic E-state index is -3.91. The monoisotopic (exact) mass is 770 g/mol. The van der Waals surface area contributed by atoms with Crippen LogP contribution in [0.4, 0.5) is 0 Å². The summed E-state index contributed by atoms with van der Waals surface area (Å²) in [4.78, 5) is 78.6. The van der Waals surface area contributed by atoms with E-state index in [0.29, 0.717) is 53.3 Å². The average Bonchev–Trinajstić information content (AvgIpc) is 4.09. The first-order valence-corrected chi connectivity index (χ1v) is 20.8. The molecule has 0 bridgehead atoms. The van der Waals surface area contributed by atoms with Gasteiger partial charge in [-0.2, -0.15) is 0 Å². The number of nitrogens with zero attached hydrogens (tertiary/aromatic N) is 3. The van der Waals surface area contributed by atoms with Gasteiger partial charge in [-0.05, 0) is 62.5 Å². The van der Waals surface area contributed by atoms with Crippen LogP contribution < -0.4 is 15.4 Å². The lowest BCUT2D eigenvalue weighted by Gasteiger charge is -2.36. The predicted molar refractivity (Wildman–Crippen MR) is 208 cm³/mol. The van der Waals surface area contributed by atoms with Crippen LogP contribution in [0.3, 0.4) is 0 Å². The van der Waals surface area contributed by atoms with Gasteiger partial charge in [-0.3, -0.25) is 28.7 Å². The van der Waals surface area contributed by atoms with Crippen LogP contribution in [0.15, 0.2) is 61.2 Å². The van der Waals surface area contributed by atoms with Crippen molar-refractivity contribution in [2.45, 2.75) is 95.0 Å². The van der Waals surface area contributed by atoms with Crippen LogP contribution in [0, 0.1) is 17.3 Å². The van der Waals surface area contributed by atoms with E-state index in [4.69, 9.17) is 4.98 Å². The third-order valence-electron chi connectivity index (χ3n) is 11.7. The van der Waals surface area contributed by atoms with Crippen molar-refractivity contribution in [3.8, 4) is 0 Å². The normalized spacial score (nSPS) is 24.6. The second kappa shape index (κ2) is 14.7. The van der Waals surface area contributed by atoms with E-state index in [0.717, 1.165) is 19.3 Å². The van der Waals surface area contributed by atoms with Crippen molar-refractivity contribution < 1.29 is 32.4 Å². The number of carbonyl (C=O) groups is 5. The fraction of sp³-hybridized carbons (Fsp3) is 0.512. The third kappa shape index (κ3) is 7.70. The zero-order valence-corrected chi connectivity index (χ0v) is 32.5. The van der Waals surface area contributed by atoms with Gasteiger partial charge in [-0.1, -0.05) is 63.2 Å². The molecule has 14 heteroatoms. The Kier molecular flexibility index (Phi) is 10.2. The Morgan fingerprint density at radius 2 is 1.58 bits per heavy atom. The number of sulfonamides is 1. The molecule has 7 rings (SSSR count). The molecule has 2 saturated carbocycles. The molecule has 0 spiro atoms. The fourth-order valence-corrected chi connectivity index (χ4v) is 9.57. The first-order valence-electron chi connectivity index (χ1n) is 19.3. The zero-order valence-electron chi connectivity index (χ0n) is 31.7. The zero-order chi connectivity index (χ0) is 39.3. The molecule has 5 amide bonds. The van der Waals surface area contributed by atoms with Gasteiger partial charge < -0.3 is 20.4 Å². The molecule has 0 unspecified atom stereocenters. The number of carbonyl (C=O) groups excluding carboxylic acids is 5. The molecule has 4 fully saturated rings. The standard InChI is InChI=1S/C41H50N6O7S/c1-5-25-23-41(25,39(52)45-55(53,54)27-17-18-27)44-36(49)33-21-26(24-47(33)38(51)30(40(2,3)4)22-34(48)46-19-11-6-12-20-46)42-37(50)35-28-13-7-9-15-31(28)43-32-16-10-8-14-29(32)35/h5,7-10,13-16,25-27,30,33H,1,6,11-12,17-24H2,2-4H3,(H,42,50)(H,44,49)(H,45,52)/t25-,26+,30+,33-,41+/m0/s1. The number of hydrogen-bond acceptors (Lipinski definition) is 8. The smallest absolute Gasteiger partial charge is 0.259 e. The largest absolute Gasteiger partial charge is 0.347 e. The highest BCUT2D eigenvalue weighted by atomic mass is 32.2. The van der Waals surface area contributed by atoms with E-state index in [2.05, 4.69) is 21.9 Å². The molecule has 55 heavy (non-hydrogen) atoms. The van der Waals surface area contributed by atoms with Crippen LogP contribution in [0.1, 0.15) is 82.5 Å². The van der Waals surface area contributed by atoms with Crippen LogP contribution in [-0.4, -0.2) is 95.2 Å². The number of rotatable bonds is 11. The molecule has 2 aromatic carbocycles. The summed E-state index contributed by atoms with van der Waals surface area (Å²) in [7, 11) is -3.91. The number of aromatic nitrogens is 1. The summed E-state index contributed by atoms with van der Waals surface area (Å²) in [5, 5.41) is 6.59. The van der Waals surface area contributed by atoms with Gasteiger partial charge in [0, 0.05) is 48.8 Å². The minimum absolute atomic E-state index is 0.0196. The van der Waals surface area contributed by atoms with E-state index in [1.165, 1.54) is 11.0 Å². The molecule has 1 aromatic heterocycles. The summed E-state index contributed by atoms with van der Waals surface area (Å²) in [6.07, 6.45) is 5.41. The maximum atomic E-state index is 14.8. The Labute approximate surface area is 321 Å². The summed E-state index contributed by atoms with van der Waals surface area (Å²) in [6, 6.07) is 12.9. The fourth-order valence-electron chi connectivity index (χ4n) is 8.21. The number of pyridine rings is 1. The molecule has 2 saturated heterocycles. The van der Waals surface area contributed by atoms with Crippen molar-refractivity contribution in [2.24, 2.45) is 17.3 Å². The maximum Gasteiger partial charge on any atom is 0.259 e. The van der Waals surface area contributed by atoms with Crippen molar-refractivity contribution in [2.75, 3.05) is 19.6 Å². The first kappa shape index (κ1) is 38.4. The number of likely N-dealkylation sites (tertiary alicyclic amines) is 2. The Balaban J connectivity index is 1.19. The van der Waals surface area contributed by atoms with Gasteiger partial charge in [0.1, 0.15) is 11.6 Å². The summed E-state index contributed by atoms with van der Waals surface area (Å²) < 4.78 is 27.7. The average molecular weight is 771 g/mol. The van der Waals surface area contributed by atoms with E-state index in [-0.39, 0.29) is 31.7 Å². The third-order valence-corrected chi connectivity index (χ3v) is 13.5. The van der Waals surface area contributed by atoms with Crippen molar-refractivity contribution >= 4 is 61.4 Å². The molecule has 2 aliphatic carbocycles. The van der Waals surface area contributed by atoms with Gasteiger partial charge in [0.05, 0.1) is 27.8 Å². The molecule has 292 valence electrons. The SMILES string of the molecule is C=C[C@H]1C[C@]1(NC(=O)[C@@H]1C[C@@H](NC(=O)c2c3ccccc3nc3ccccc23)CN1C(=O)[C@@H](CC(=O)N1CCCCC1)C(C)(C)C)C(=O)NS(=O)(=O)C1CC1. The van der Waals surface area contributed by atoms with Gasteiger partial charge >= 0.3 is 0 Å². The highest BCUT2D eigenvalue weighted by molar-refractivity contribution is 7.91. The van der Waals surface area contributed by atoms with Crippen LogP contribution in [0.5, 0.6) is 0 Å². The number of benzene rings is 2. The quantitative estimate of drug-likeness (QED) is 0.195. The lowest BCUT2D eigenvalue weighted by molar-refractivity contribution is -0.148. The predicted octanol–water partition coefficient (Wildman–Crippen LogP) is 3.82. The topological polar surface area (TPSA) is 175 Å². The Bertz CT molecular complexity index is 2120. The maximum absolute atomic E-state index is 14.8. The number of piperidine rings is 1. The molecular weight excluding hydrogens is 721 g/mol. The first-order chi connectivity index (χ1) is 26.1. The lowest BCUT2D eigenvalue weighted by atomic mass is 9.77. The van der Waals surface area contributed by atoms with Gasteiger partial charge in [0.2, 0.25) is 27.7 Å². The summed E-state index contributed by atoms with van der Waals surface area (Å²) >= 11 is 0. The molecular formula is C41H50N6O7S. The van der Waals surface area contributed by atoms with E-state index in [1.807, 2.05) is 69.3 Å². The van der Waals surface area contributed by atoms with Crippen molar-refractivity contribution in [3.63, 3.8) is 0 Å². The molecule has 5 atom stereocenters. The molecule has 2 aliphatic heterocycles. The highest BCUT2D eigenvalue weighted by Gasteiger charge is 2.62. The van der Waals surface area contributed by atoms with E-state index in [9.17, 15) is 32.4 Å².